The maximum Gasteiger partial charge on any atom is 0.287 e. The van der Waals surface area contributed by atoms with Crippen LogP contribution in [0.4, 0.5) is 0 Å². The molecule has 1 amide bonds. The molecule has 2 N–H and O–H groups in total. The minimum atomic E-state index is -0.108. The summed E-state index contributed by atoms with van der Waals surface area (Å²) in [6.45, 7) is 0. The van der Waals surface area contributed by atoms with E-state index in [2.05, 4.69) is 34.3 Å². The number of imidazole rings is 1. The van der Waals surface area contributed by atoms with Crippen molar-refractivity contribution in [1.82, 2.24) is 20.2 Å². The fourth-order valence-corrected chi connectivity index (χ4v) is 2.35. The lowest BCUT2D eigenvalue weighted by Gasteiger charge is -2.26. The van der Waals surface area contributed by atoms with Crippen LogP contribution in [-0.2, 0) is 0 Å². The Morgan fingerprint density at radius 3 is 3.00 bits per heavy atom. The van der Waals surface area contributed by atoms with Crippen molar-refractivity contribution in [2.75, 3.05) is 14.1 Å². The predicted octanol–water partition coefficient (Wildman–Crippen LogP) is 0.622. The summed E-state index contributed by atoms with van der Waals surface area (Å²) in [5.41, 5.74) is 0. The molecule has 1 aromatic heterocycles. The fraction of sp³-hybridized carbons (Fsp3) is 0.636. The first kappa shape index (κ1) is 11.1. The van der Waals surface area contributed by atoms with Crippen molar-refractivity contribution in [2.24, 2.45) is 0 Å². The lowest BCUT2D eigenvalue weighted by atomic mass is 10.1. The Morgan fingerprint density at radius 1 is 1.56 bits per heavy atom. The van der Waals surface area contributed by atoms with Gasteiger partial charge in [-0.25, -0.2) is 4.98 Å². The standard InChI is InChI=1S/C11H18N4O/c1-15(2)9-5-3-4-8(9)14-11(16)10-12-6-7-13-10/h6-9H,3-5H2,1-2H3,(H,12,13)(H,14,16)/t8-,9-/m1/s1. The number of nitrogens with one attached hydrogen (secondary N) is 2. The van der Waals surface area contributed by atoms with Crippen molar-refractivity contribution in [1.29, 1.82) is 0 Å². The lowest BCUT2D eigenvalue weighted by Crippen LogP contribution is -2.46. The molecular weight excluding hydrogens is 204 g/mol. The van der Waals surface area contributed by atoms with E-state index in [1.54, 1.807) is 12.4 Å². The quantitative estimate of drug-likeness (QED) is 0.788. The Kier molecular flexibility index (Phi) is 3.24. The Labute approximate surface area is 95.2 Å². The van der Waals surface area contributed by atoms with Gasteiger partial charge in [-0.2, -0.15) is 0 Å². The van der Waals surface area contributed by atoms with Gasteiger partial charge in [-0.15, -0.1) is 0 Å². The number of amides is 1. The molecule has 88 valence electrons. The second-order valence-electron chi connectivity index (χ2n) is 4.48. The van der Waals surface area contributed by atoms with Crippen LogP contribution in [0.3, 0.4) is 0 Å². The molecule has 0 aliphatic heterocycles. The zero-order valence-corrected chi connectivity index (χ0v) is 9.73. The third kappa shape index (κ3) is 2.24. The van der Waals surface area contributed by atoms with E-state index in [-0.39, 0.29) is 11.9 Å². The first-order valence-corrected chi connectivity index (χ1v) is 5.65. The highest BCUT2D eigenvalue weighted by Gasteiger charge is 2.30. The summed E-state index contributed by atoms with van der Waals surface area (Å²) in [5.74, 6) is 0.285. The van der Waals surface area contributed by atoms with E-state index in [1.165, 1.54) is 6.42 Å². The van der Waals surface area contributed by atoms with Crippen LogP contribution >= 0.6 is 0 Å². The average molecular weight is 222 g/mol. The van der Waals surface area contributed by atoms with E-state index < -0.39 is 0 Å². The van der Waals surface area contributed by atoms with Gasteiger partial charge in [-0.05, 0) is 33.4 Å². The van der Waals surface area contributed by atoms with Crippen LogP contribution in [0.25, 0.3) is 0 Å². The third-order valence-corrected chi connectivity index (χ3v) is 3.17. The molecule has 5 nitrogen and oxygen atoms in total. The molecule has 0 aromatic carbocycles. The van der Waals surface area contributed by atoms with Crippen LogP contribution in [0.5, 0.6) is 0 Å². The highest BCUT2D eigenvalue weighted by Crippen LogP contribution is 2.22. The van der Waals surface area contributed by atoms with Crippen LogP contribution in [0, 0.1) is 0 Å². The Bertz CT molecular complexity index is 347. The van der Waals surface area contributed by atoms with Gasteiger partial charge >= 0.3 is 0 Å². The zero-order valence-electron chi connectivity index (χ0n) is 9.73. The van der Waals surface area contributed by atoms with E-state index >= 15 is 0 Å². The second kappa shape index (κ2) is 4.65. The van der Waals surface area contributed by atoms with Gasteiger partial charge in [-0.3, -0.25) is 4.79 Å². The predicted molar refractivity (Wildman–Crippen MR) is 61.2 cm³/mol. The normalized spacial score (nSPS) is 24.9. The molecule has 0 bridgehead atoms. The molecule has 16 heavy (non-hydrogen) atoms. The SMILES string of the molecule is CN(C)[C@@H]1CCC[C@H]1NC(=O)c1ncc[nH]1. The van der Waals surface area contributed by atoms with E-state index in [1.807, 2.05) is 0 Å². The van der Waals surface area contributed by atoms with Crippen molar-refractivity contribution in [2.45, 2.75) is 31.3 Å². The first-order chi connectivity index (χ1) is 7.68. The number of hydrogen-bond acceptors (Lipinski definition) is 3. The summed E-state index contributed by atoms with van der Waals surface area (Å²) in [4.78, 5) is 20.8. The maximum atomic E-state index is 11.8. The molecule has 2 rings (SSSR count). The van der Waals surface area contributed by atoms with Crippen LogP contribution in [-0.4, -0.2) is 47.0 Å². The Balaban J connectivity index is 1.97. The van der Waals surface area contributed by atoms with Crippen molar-refractivity contribution in [3.8, 4) is 0 Å². The molecule has 0 unspecified atom stereocenters. The molecule has 1 fully saturated rings. The molecule has 5 heteroatoms. The number of nitrogens with zero attached hydrogens (tertiary/aromatic N) is 2. The van der Waals surface area contributed by atoms with Gasteiger partial charge in [0.1, 0.15) is 0 Å². The lowest BCUT2D eigenvalue weighted by molar-refractivity contribution is 0.0909. The van der Waals surface area contributed by atoms with Gasteiger partial charge in [-0.1, -0.05) is 0 Å². The summed E-state index contributed by atoms with van der Waals surface area (Å²) in [5, 5.41) is 3.04. The summed E-state index contributed by atoms with van der Waals surface area (Å²) in [6.07, 6.45) is 6.62. The molecule has 1 saturated carbocycles. The topological polar surface area (TPSA) is 61.0 Å². The van der Waals surface area contributed by atoms with Crippen molar-refractivity contribution < 1.29 is 4.79 Å². The Hall–Kier alpha value is -1.36. The van der Waals surface area contributed by atoms with Crippen molar-refractivity contribution in [3.63, 3.8) is 0 Å². The minimum Gasteiger partial charge on any atom is -0.345 e. The van der Waals surface area contributed by atoms with E-state index in [9.17, 15) is 4.79 Å². The van der Waals surface area contributed by atoms with Crippen LogP contribution in [0.2, 0.25) is 0 Å². The largest absolute Gasteiger partial charge is 0.345 e. The van der Waals surface area contributed by atoms with Gasteiger partial charge in [0.05, 0.1) is 0 Å². The molecular formula is C11H18N4O. The number of carbonyl (C=O) groups excluding carboxylic acids is 1. The van der Waals surface area contributed by atoms with Crippen LogP contribution in [0.15, 0.2) is 12.4 Å². The summed E-state index contributed by atoms with van der Waals surface area (Å²) < 4.78 is 0. The van der Waals surface area contributed by atoms with Gasteiger partial charge in [0.2, 0.25) is 0 Å². The highest BCUT2D eigenvalue weighted by atomic mass is 16.2. The highest BCUT2D eigenvalue weighted by molar-refractivity contribution is 5.90. The van der Waals surface area contributed by atoms with Gasteiger partial charge < -0.3 is 15.2 Å². The van der Waals surface area contributed by atoms with E-state index in [0.29, 0.717) is 11.9 Å². The number of aromatic amines is 1. The smallest absolute Gasteiger partial charge is 0.287 e. The van der Waals surface area contributed by atoms with Crippen LogP contribution in [0.1, 0.15) is 29.9 Å². The van der Waals surface area contributed by atoms with Crippen molar-refractivity contribution >= 4 is 5.91 Å². The van der Waals surface area contributed by atoms with E-state index in [4.69, 9.17) is 0 Å². The van der Waals surface area contributed by atoms with E-state index in [0.717, 1.165) is 12.8 Å². The molecule has 0 radical (unpaired) electrons. The van der Waals surface area contributed by atoms with Gasteiger partial charge in [0, 0.05) is 24.5 Å². The first-order valence-electron chi connectivity index (χ1n) is 5.65. The number of carbonyl (C=O) groups is 1. The third-order valence-electron chi connectivity index (χ3n) is 3.17. The molecule has 0 saturated heterocycles. The summed E-state index contributed by atoms with van der Waals surface area (Å²) >= 11 is 0. The van der Waals surface area contributed by atoms with Crippen molar-refractivity contribution in [3.05, 3.63) is 18.2 Å². The minimum absolute atomic E-state index is 0.108. The molecule has 1 aromatic rings. The monoisotopic (exact) mass is 222 g/mol. The number of likely N-dealkylation sites (N-methyl/N-ethyl adjacent to an activating group) is 1. The van der Waals surface area contributed by atoms with Gasteiger partial charge in [0.25, 0.3) is 5.91 Å². The van der Waals surface area contributed by atoms with Crippen LogP contribution < -0.4 is 5.32 Å². The zero-order chi connectivity index (χ0) is 11.5. The van der Waals surface area contributed by atoms with Gasteiger partial charge in [0.15, 0.2) is 5.82 Å². The Morgan fingerprint density at radius 2 is 2.38 bits per heavy atom. The molecule has 1 heterocycles. The molecule has 0 spiro atoms. The molecule has 1 aliphatic rings. The number of aromatic nitrogens is 2. The summed E-state index contributed by atoms with van der Waals surface area (Å²) in [6, 6.07) is 0.687. The number of hydrogen-bond donors (Lipinski definition) is 2. The molecule has 2 atom stereocenters. The molecule has 1 aliphatic carbocycles. The average Bonchev–Trinajstić information content (AvgIpc) is 2.86. The second-order valence-corrected chi connectivity index (χ2v) is 4.48. The number of rotatable bonds is 3. The maximum absolute atomic E-state index is 11.8. The summed E-state index contributed by atoms with van der Waals surface area (Å²) in [7, 11) is 4.12. The fourth-order valence-electron chi connectivity index (χ4n) is 2.35. The number of H-pyrrole nitrogens is 1.